The minimum absolute atomic E-state index is 0.125. The van der Waals surface area contributed by atoms with E-state index in [9.17, 15) is 0 Å². The predicted octanol–water partition coefficient (Wildman–Crippen LogP) is 2.89. The van der Waals surface area contributed by atoms with E-state index in [0.717, 1.165) is 19.3 Å². The Morgan fingerprint density at radius 3 is 2.45 bits per heavy atom. The van der Waals surface area contributed by atoms with Gasteiger partial charge in [-0.1, -0.05) is 18.4 Å². The molecule has 0 rings (SSSR count). The number of hydrogen-bond donors (Lipinski definition) is 1. The molecule has 1 unspecified atom stereocenters. The van der Waals surface area contributed by atoms with E-state index in [4.69, 9.17) is 5.11 Å². The number of allylic oxidation sites excluding steroid dienone is 1. The highest BCUT2D eigenvalue weighted by Crippen LogP contribution is 2.08. The van der Waals surface area contributed by atoms with Gasteiger partial charge in [-0.3, -0.25) is 0 Å². The topological polar surface area (TPSA) is 20.2 Å². The summed E-state index contributed by atoms with van der Waals surface area (Å²) in [5.41, 5.74) is 1.27. The average Bonchev–Trinajstić information content (AvgIpc) is 1.85. The molecule has 0 aromatic rings. The van der Waals surface area contributed by atoms with Crippen LogP contribution in [0.3, 0.4) is 0 Å². The van der Waals surface area contributed by atoms with Crippen LogP contribution in [0.25, 0.3) is 0 Å². The van der Waals surface area contributed by atoms with Crippen LogP contribution in [-0.4, -0.2) is 11.2 Å². The molecule has 0 aliphatic heterocycles. The van der Waals surface area contributed by atoms with E-state index in [2.05, 4.69) is 13.5 Å². The number of hydrogen-bond acceptors (Lipinski definition) is 1. The Bertz CT molecular complexity index is 105. The molecule has 0 amide bonds. The zero-order valence-corrected chi connectivity index (χ0v) is 7.77. The second-order valence-corrected chi connectivity index (χ2v) is 3.41. The molecule has 0 aromatic carbocycles. The van der Waals surface area contributed by atoms with Crippen molar-refractivity contribution in [1.29, 1.82) is 0 Å². The molecule has 0 radical (unpaired) electrons. The summed E-state index contributed by atoms with van der Waals surface area (Å²) in [6.45, 7) is 7.75. The lowest BCUT2D eigenvalue weighted by Crippen LogP contribution is -1.98. The van der Waals surface area contributed by atoms with Gasteiger partial charge in [0, 0.05) is 0 Å². The van der Waals surface area contributed by atoms with E-state index in [1.54, 1.807) is 0 Å². The number of unbranched alkanes of at least 4 members (excludes halogenated alkanes) is 2. The van der Waals surface area contributed by atoms with Crippen molar-refractivity contribution in [2.45, 2.75) is 52.1 Å². The van der Waals surface area contributed by atoms with Gasteiger partial charge >= 0.3 is 0 Å². The summed E-state index contributed by atoms with van der Waals surface area (Å²) >= 11 is 0. The molecule has 0 bridgehead atoms. The highest BCUT2D eigenvalue weighted by Gasteiger charge is 1.94. The largest absolute Gasteiger partial charge is 0.393 e. The summed E-state index contributed by atoms with van der Waals surface area (Å²) in [7, 11) is 0. The zero-order chi connectivity index (χ0) is 8.69. The van der Waals surface area contributed by atoms with Crippen LogP contribution in [-0.2, 0) is 0 Å². The first kappa shape index (κ1) is 10.7. The third-order valence-electron chi connectivity index (χ3n) is 1.73. The standard InChI is InChI=1S/C10H20O/c1-9(2)7-5-4-6-8-10(3)11/h10-11H,1,4-8H2,2-3H3. The Balaban J connectivity index is 2.97. The van der Waals surface area contributed by atoms with Crippen molar-refractivity contribution in [2.24, 2.45) is 0 Å². The molecule has 0 aromatic heterocycles. The normalized spacial score (nSPS) is 13.0. The molecule has 0 saturated heterocycles. The molecule has 1 atom stereocenters. The fourth-order valence-electron chi connectivity index (χ4n) is 1.04. The molecule has 1 heteroatoms. The third kappa shape index (κ3) is 9.70. The van der Waals surface area contributed by atoms with E-state index >= 15 is 0 Å². The summed E-state index contributed by atoms with van der Waals surface area (Å²) in [5.74, 6) is 0. The van der Waals surface area contributed by atoms with Gasteiger partial charge < -0.3 is 5.11 Å². The van der Waals surface area contributed by atoms with Crippen LogP contribution in [0.5, 0.6) is 0 Å². The molecule has 1 nitrogen and oxygen atoms in total. The Labute approximate surface area is 70.1 Å². The van der Waals surface area contributed by atoms with Gasteiger partial charge in [-0.05, 0) is 33.1 Å². The maximum absolute atomic E-state index is 8.94. The van der Waals surface area contributed by atoms with Crippen molar-refractivity contribution in [1.82, 2.24) is 0 Å². The van der Waals surface area contributed by atoms with E-state index < -0.39 is 0 Å². The second kappa shape index (κ2) is 6.41. The van der Waals surface area contributed by atoms with Gasteiger partial charge in [0.2, 0.25) is 0 Å². The zero-order valence-electron chi connectivity index (χ0n) is 7.77. The Morgan fingerprint density at radius 2 is 2.00 bits per heavy atom. The van der Waals surface area contributed by atoms with Crippen molar-refractivity contribution in [3.05, 3.63) is 12.2 Å². The molecule has 0 heterocycles. The first-order valence-corrected chi connectivity index (χ1v) is 4.45. The first-order valence-electron chi connectivity index (χ1n) is 4.45. The van der Waals surface area contributed by atoms with Gasteiger partial charge in [-0.15, -0.1) is 6.58 Å². The SMILES string of the molecule is C=C(C)CCCCCC(C)O. The molecule has 0 aliphatic carbocycles. The van der Waals surface area contributed by atoms with Gasteiger partial charge in [0.25, 0.3) is 0 Å². The molecule has 0 fully saturated rings. The minimum Gasteiger partial charge on any atom is -0.393 e. The molecule has 0 saturated carbocycles. The molecule has 66 valence electrons. The van der Waals surface area contributed by atoms with Gasteiger partial charge in [0.05, 0.1) is 6.10 Å². The molecule has 11 heavy (non-hydrogen) atoms. The van der Waals surface area contributed by atoms with Crippen LogP contribution < -0.4 is 0 Å². The van der Waals surface area contributed by atoms with E-state index in [-0.39, 0.29) is 6.10 Å². The Hall–Kier alpha value is -0.300. The maximum Gasteiger partial charge on any atom is 0.0512 e. The van der Waals surface area contributed by atoms with E-state index in [0.29, 0.717) is 0 Å². The quantitative estimate of drug-likeness (QED) is 0.463. The summed E-state index contributed by atoms with van der Waals surface area (Å²) in [6.07, 6.45) is 5.54. The van der Waals surface area contributed by atoms with Gasteiger partial charge in [-0.2, -0.15) is 0 Å². The maximum atomic E-state index is 8.94. The lowest BCUT2D eigenvalue weighted by atomic mass is 10.1. The average molecular weight is 156 g/mol. The fraction of sp³-hybridized carbons (Fsp3) is 0.800. The smallest absolute Gasteiger partial charge is 0.0512 e. The molecular formula is C10H20O. The van der Waals surface area contributed by atoms with E-state index in [1.165, 1.54) is 18.4 Å². The predicted molar refractivity (Wildman–Crippen MR) is 49.6 cm³/mol. The molecule has 0 spiro atoms. The number of rotatable bonds is 6. The van der Waals surface area contributed by atoms with E-state index in [1.807, 2.05) is 6.92 Å². The van der Waals surface area contributed by atoms with Crippen molar-refractivity contribution < 1.29 is 5.11 Å². The highest BCUT2D eigenvalue weighted by atomic mass is 16.3. The van der Waals surface area contributed by atoms with Crippen LogP contribution in [0.2, 0.25) is 0 Å². The summed E-state index contributed by atoms with van der Waals surface area (Å²) < 4.78 is 0. The first-order chi connectivity index (χ1) is 5.13. The molecule has 1 N–H and O–H groups in total. The minimum atomic E-state index is -0.125. The van der Waals surface area contributed by atoms with Crippen LogP contribution in [0.4, 0.5) is 0 Å². The number of aliphatic hydroxyl groups excluding tert-OH is 1. The molecular weight excluding hydrogens is 136 g/mol. The second-order valence-electron chi connectivity index (χ2n) is 3.41. The summed E-state index contributed by atoms with van der Waals surface area (Å²) in [4.78, 5) is 0. The van der Waals surface area contributed by atoms with Crippen LogP contribution in [0.1, 0.15) is 46.0 Å². The monoisotopic (exact) mass is 156 g/mol. The molecule has 0 aliphatic rings. The Kier molecular flexibility index (Phi) is 6.24. The van der Waals surface area contributed by atoms with Crippen molar-refractivity contribution in [2.75, 3.05) is 0 Å². The van der Waals surface area contributed by atoms with Crippen LogP contribution in [0.15, 0.2) is 12.2 Å². The van der Waals surface area contributed by atoms with Gasteiger partial charge in [-0.25, -0.2) is 0 Å². The number of aliphatic hydroxyl groups is 1. The van der Waals surface area contributed by atoms with Crippen LogP contribution >= 0.6 is 0 Å². The lowest BCUT2D eigenvalue weighted by Gasteiger charge is -2.03. The van der Waals surface area contributed by atoms with Crippen molar-refractivity contribution in [3.63, 3.8) is 0 Å². The highest BCUT2D eigenvalue weighted by molar-refractivity contribution is 4.86. The van der Waals surface area contributed by atoms with Crippen LogP contribution in [0, 0.1) is 0 Å². The lowest BCUT2D eigenvalue weighted by molar-refractivity contribution is 0.180. The summed E-state index contributed by atoms with van der Waals surface area (Å²) in [6, 6.07) is 0. The van der Waals surface area contributed by atoms with Gasteiger partial charge in [0.1, 0.15) is 0 Å². The third-order valence-corrected chi connectivity index (χ3v) is 1.73. The summed E-state index contributed by atoms with van der Waals surface area (Å²) in [5, 5.41) is 8.94. The fourth-order valence-corrected chi connectivity index (χ4v) is 1.04. The van der Waals surface area contributed by atoms with Crippen molar-refractivity contribution >= 4 is 0 Å². The van der Waals surface area contributed by atoms with Crippen molar-refractivity contribution in [3.8, 4) is 0 Å². The Morgan fingerprint density at radius 1 is 1.36 bits per heavy atom. The van der Waals surface area contributed by atoms with Gasteiger partial charge in [0.15, 0.2) is 0 Å².